The van der Waals surface area contributed by atoms with E-state index in [0.717, 1.165) is 31.6 Å². The first kappa shape index (κ1) is 18.9. The van der Waals surface area contributed by atoms with Gasteiger partial charge in [-0.15, -0.1) is 0 Å². The van der Waals surface area contributed by atoms with Crippen LogP contribution < -0.4 is 10.2 Å². The lowest BCUT2D eigenvalue weighted by Crippen LogP contribution is -2.41. The predicted octanol–water partition coefficient (Wildman–Crippen LogP) is 3.68. The molecule has 1 fully saturated rings. The van der Waals surface area contributed by atoms with Gasteiger partial charge in [-0.3, -0.25) is 0 Å². The fourth-order valence-electron chi connectivity index (χ4n) is 3.55. The number of piperidine rings is 1. The Kier molecular flexibility index (Phi) is 5.72. The zero-order chi connectivity index (χ0) is 19.4. The Bertz CT molecular complexity index is 885. The van der Waals surface area contributed by atoms with Crippen LogP contribution in [0.25, 0.3) is 0 Å². The summed E-state index contributed by atoms with van der Waals surface area (Å²) in [5.41, 5.74) is 2.61. The Balaban J connectivity index is 2.19. The molecule has 0 atom stereocenters. The lowest BCUT2D eigenvalue weighted by atomic mass is 9.98. The van der Waals surface area contributed by atoms with E-state index in [2.05, 4.69) is 16.3 Å². The second-order valence-corrected chi connectivity index (χ2v) is 6.59. The topological polar surface area (TPSA) is 65.4 Å². The zero-order valence-corrected chi connectivity index (χ0v) is 15.5. The van der Waals surface area contributed by atoms with Crippen LogP contribution in [0, 0.1) is 24.1 Å². The van der Waals surface area contributed by atoms with Crippen molar-refractivity contribution >= 4 is 17.3 Å². The van der Waals surface area contributed by atoms with E-state index in [9.17, 15) is 14.4 Å². The van der Waals surface area contributed by atoms with Gasteiger partial charge in [0.1, 0.15) is 11.9 Å². The molecule has 3 rings (SSSR count). The number of nitriles is 1. The molecule has 5 nitrogen and oxygen atoms in total. The fourth-order valence-corrected chi connectivity index (χ4v) is 3.55. The van der Waals surface area contributed by atoms with E-state index in [4.69, 9.17) is 4.74 Å². The molecule has 0 aliphatic carbocycles. The van der Waals surface area contributed by atoms with Gasteiger partial charge in [0.25, 0.3) is 0 Å². The van der Waals surface area contributed by atoms with Crippen LogP contribution in [-0.4, -0.2) is 32.2 Å². The first-order chi connectivity index (χ1) is 13.1. The number of rotatable bonds is 4. The molecule has 2 aromatic carbocycles. The molecule has 1 aliphatic rings. The number of hydrogen-bond donors (Lipinski definition) is 1. The number of anilines is 2. The first-order valence-corrected chi connectivity index (χ1v) is 8.94. The van der Waals surface area contributed by atoms with E-state index in [1.807, 2.05) is 25.1 Å². The Morgan fingerprint density at radius 1 is 1.26 bits per heavy atom. The Morgan fingerprint density at radius 3 is 2.63 bits per heavy atom. The third-order valence-electron chi connectivity index (χ3n) is 4.91. The number of ether oxygens (including phenoxy) is 1. The van der Waals surface area contributed by atoms with E-state index in [-0.39, 0.29) is 11.6 Å². The second kappa shape index (κ2) is 8.19. The van der Waals surface area contributed by atoms with Gasteiger partial charge in [0, 0.05) is 11.7 Å². The summed E-state index contributed by atoms with van der Waals surface area (Å²) in [6.45, 7) is 3.53. The Hall–Kier alpha value is -2.91. The average molecular weight is 367 g/mol. The standard InChI is InChI=1S/C21H22FN3O2/c1-14-11-18(22)17(21(26)27-2)12-20(14)25(16-7-9-24-10-8-16)19-6-4-3-5-15(19)13-23/h3-6,11-12,16,24H,7-10H2,1-2H3. The minimum atomic E-state index is -0.715. The Labute approximate surface area is 158 Å². The van der Waals surface area contributed by atoms with Crippen molar-refractivity contribution in [2.45, 2.75) is 25.8 Å². The highest BCUT2D eigenvalue weighted by Gasteiger charge is 2.27. The van der Waals surface area contributed by atoms with Crippen molar-refractivity contribution in [1.82, 2.24) is 5.32 Å². The van der Waals surface area contributed by atoms with Gasteiger partial charge in [0.15, 0.2) is 0 Å². The summed E-state index contributed by atoms with van der Waals surface area (Å²) < 4.78 is 19.1. The van der Waals surface area contributed by atoms with E-state index in [1.165, 1.54) is 19.2 Å². The van der Waals surface area contributed by atoms with Gasteiger partial charge in [0.05, 0.1) is 23.9 Å². The Morgan fingerprint density at radius 2 is 1.96 bits per heavy atom. The number of methoxy groups -OCH3 is 1. The van der Waals surface area contributed by atoms with Crippen LogP contribution in [0.4, 0.5) is 15.8 Å². The number of nitrogens with one attached hydrogen (secondary N) is 1. The normalized spacial score (nSPS) is 14.4. The number of aryl methyl sites for hydroxylation is 1. The zero-order valence-electron chi connectivity index (χ0n) is 15.5. The predicted molar refractivity (Wildman–Crippen MR) is 102 cm³/mol. The SMILES string of the molecule is COC(=O)c1cc(N(c2ccccc2C#N)C2CCNCC2)c(C)cc1F. The maximum absolute atomic E-state index is 14.3. The summed E-state index contributed by atoms with van der Waals surface area (Å²) in [5, 5.41) is 12.9. The van der Waals surface area contributed by atoms with Crippen molar-refractivity contribution in [3.63, 3.8) is 0 Å². The summed E-state index contributed by atoms with van der Waals surface area (Å²) in [5.74, 6) is -1.32. The molecule has 0 radical (unpaired) electrons. The van der Waals surface area contributed by atoms with Gasteiger partial charge in [0.2, 0.25) is 0 Å². The minimum absolute atomic E-state index is 0.105. The molecule has 0 spiro atoms. The molecule has 0 amide bonds. The lowest BCUT2D eigenvalue weighted by molar-refractivity contribution is 0.0595. The van der Waals surface area contributed by atoms with Crippen LogP contribution in [0.3, 0.4) is 0 Å². The first-order valence-electron chi connectivity index (χ1n) is 8.94. The molecule has 1 aliphatic heterocycles. The van der Waals surface area contributed by atoms with Crippen molar-refractivity contribution in [2.75, 3.05) is 25.1 Å². The van der Waals surface area contributed by atoms with E-state index >= 15 is 0 Å². The minimum Gasteiger partial charge on any atom is -0.465 e. The summed E-state index contributed by atoms with van der Waals surface area (Å²) in [7, 11) is 1.23. The van der Waals surface area contributed by atoms with Crippen LogP contribution >= 0.6 is 0 Å². The molecule has 0 unspecified atom stereocenters. The number of para-hydroxylation sites is 1. The maximum Gasteiger partial charge on any atom is 0.340 e. The average Bonchev–Trinajstić information content (AvgIpc) is 2.70. The van der Waals surface area contributed by atoms with Crippen LogP contribution in [0.15, 0.2) is 36.4 Å². The monoisotopic (exact) mass is 367 g/mol. The summed E-state index contributed by atoms with van der Waals surface area (Å²) in [6, 6.07) is 12.6. The second-order valence-electron chi connectivity index (χ2n) is 6.59. The maximum atomic E-state index is 14.3. The molecule has 1 heterocycles. The quantitative estimate of drug-likeness (QED) is 0.835. The highest BCUT2D eigenvalue weighted by atomic mass is 19.1. The molecule has 1 saturated heterocycles. The largest absolute Gasteiger partial charge is 0.465 e. The van der Waals surface area contributed by atoms with Crippen molar-refractivity contribution in [2.24, 2.45) is 0 Å². The summed E-state index contributed by atoms with van der Waals surface area (Å²) in [4.78, 5) is 14.1. The number of esters is 1. The smallest absolute Gasteiger partial charge is 0.340 e. The van der Waals surface area contributed by atoms with E-state index in [0.29, 0.717) is 16.8 Å². The van der Waals surface area contributed by atoms with E-state index in [1.54, 1.807) is 6.07 Å². The van der Waals surface area contributed by atoms with Crippen molar-refractivity contribution in [1.29, 1.82) is 5.26 Å². The number of benzene rings is 2. The highest BCUT2D eigenvalue weighted by Crippen LogP contribution is 2.36. The third kappa shape index (κ3) is 3.79. The molecule has 0 aromatic heterocycles. The molecule has 0 bridgehead atoms. The van der Waals surface area contributed by atoms with Gasteiger partial charge < -0.3 is 15.0 Å². The molecule has 140 valence electrons. The number of hydrogen-bond acceptors (Lipinski definition) is 5. The van der Waals surface area contributed by atoms with Gasteiger partial charge >= 0.3 is 5.97 Å². The number of carbonyl (C=O) groups excluding carboxylic acids is 1. The summed E-state index contributed by atoms with van der Waals surface area (Å²) in [6.07, 6.45) is 1.76. The number of nitrogens with zero attached hydrogens (tertiary/aromatic N) is 2. The fraction of sp³-hybridized carbons (Fsp3) is 0.333. The van der Waals surface area contributed by atoms with E-state index < -0.39 is 11.8 Å². The van der Waals surface area contributed by atoms with Crippen LogP contribution in [0.1, 0.15) is 34.3 Å². The molecule has 1 N–H and O–H groups in total. The van der Waals surface area contributed by atoms with Gasteiger partial charge in [-0.1, -0.05) is 12.1 Å². The molecular weight excluding hydrogens is 345 g/mol. The molecule has 6 heteroatoms. The van der Waals surface area contributed by atoms with Crippen LogP contribution in [0.5, 0.6) is 0 Å². The lowest BCUT2D eigenvalue weighted by Gasteiger charge is -2.38. The molecular formula is C21H22FN3O2. The van der Waals surface area contributed by atoms with Crippen LogP contribution in [-0.2, 0) is 4.74 Å². The number of carbonyl (C=O) groups is 1. The summed E-state index contributed by atoms with van der Waals surface area (Å²) >= 11 is 0. The van der Waals surface area contributed by atoms with Gasteiger partial charge in [-0.25, -0.2) is 9.18 Å². The van der Waals surface area contributed by atoms with Crippen molar-refractivity contribution in [3.05, 3.63) is 58.9 Å². The third-order valence-corrected chi connectivity index (χ3v) is 4.91. The molecule has 27 heavy (non-hydrogen) atoms. The highest BCUT2D eigenvalue weighted by molar-refractivity contribution is 5.91. The van der Waals surface area contributed by atoms with Gasteiger partial charge in [-0.2, -0.15) is 5.26 Å². The number of halogens is 1. The van der Waals surface area contributed by atoms with Crippen molar-refractivity contribution < 1.29 is 13.9 Å². The van der Waals surface area contributed by atoms with Crippen LogP contribution in [0.2, 0.25) is 0 Å². The molecule has 2 aromatic rings. The van der Waals surface area contributed by atoms with Gasteiger partial charge in [-0.05, 0) is 62.7 Å². The molecule has 0 saturated carbocycles. The van der Waals surface area contributed by atoms with Crippen molar-refractivity contribution in [3.8, 4) is 6.07 Å².